The molecule has 0 aliphatic heterocycles. The van der Waals surface area contributed by atoms with Crippen molar-refractivity contribution in [1.82, 2.24) is 4.90 Å². The molecule has 0 N–H and O–H groups in total. The lowest BCUT2D eigenvalue weighted by atomic mass is 10.3. The van der Waals surface area contributed by atoms with Crippen molar-refractivity contribution in [2.24, 2.45) is 5.92 Å². The minimum atomic E-state index is -0.195. The van der Waals surface area contributed by atoms with Gasteiger partial charge in [0.25, 0.3) is 0 Å². The molecular formula is C11H21NO3. The maximum atomic E-state index is 11.2. The van der Waals surface area contributed by atoms with Gasteiger partial charge in [-0.25, -0.2) is 0 Å². The molecule has 0 aromatic rings. The number of carbonyl (C=O) groups excluding carboxylic acids is 1. The zero-order valence-corrected chi connectivity index (χ0v) is 9.86. The van der Waals surface area contributed by atoms with Crippen molar-refractivity contribution < 1.29 is 14.3 Å². The largest absolute Gasteiger partial charge is 0.468 e. The van der Waals surface area contributed by atoms with Gasteiger partial charge in [0, 0.05) is 13.2 Å². The fourth-order valence-corrected chi connectivity index (χ4v) is 1.29. The second-order valence-electron chi connectivity index (χ2n) is 4.20. The van der Waals surface area contributed by atoms with E-state index in [0.717, 1.165) is 19.1 Å². The van der Waals surface area contributed by atoms with Gasteiger partial charge in [0.1, 0.15) is 6.04 Å². The summed E-state index contributed by atoms with van der Waals surface area (Å²) in [5.41, 5.74) is 0. The van der Waals surface area contributed by atoms with Gasteiger partial charge < -0.3 is 9.47 Å². The van der Waals surface area contributed by atoms with Crippen LogP contribution in [-0.2, 0) is 14.3 Å². The summed E-state index contributed by atoms with van der Waals surface area (Å²) in [6, 6.07) is -0.195. The SMILES string of the molecule is COC(=O)C(C)N(C)CCOCC1CC1. The summed E-state index contributed by atoms with van der Waals surface area (Å²) in [4.78, 5) is 13.1. The minimum Gasteiger partial charge on any atom is -0.468 e. The van der Waals surface area contributed by atoms with Gasteiger partial charge in [0.2, 0.25) is 0 Å². The molecule has 1 fully saturated rings. The van der Waals surface area contributed by atoms with Crippen LogP contribution in [0.2, 0.25) is 0 Å². The van der Waals surface area contributed by atoms with Crippen molar-refractivity contribution in [1.29, 1.82) is 0 Å². The van der Waals surface area contributed by atoms with Crippen LogP contribution in [0.1, 0.15) is 19.8 Å². The summed E-state index contributed by atoms with van der Waals surface area (Å²) in [5, 5.41) is 0. The molecule has 4 nitrogen and oxygen atoms in total. The van der Waals surface area contributed by atoms with Gasteiger partial charge in [0.15, 0.2) is 0 Å². The molecule has 4 heteroatoms. The van der Waals surface area contributed by atoms with E-state index in [2.05, 4.69) is 4.74 Å². The third kappa shape index (κ3) is 4.62. The molecule has 0 aromatic heterocycles. The first-order valence-electron chi connectivity index (χ1n) is 5.51. The number of esters is 1. The Hall–Kier alpha value is -0.610. The first-order valence-corrected chi connectivity index (χ1v) is 5.51. The molecule has 0 aromatic carbocycles. The van der Waals surface area contributed by atoms with E-state index in [1.54, 1.807) is 0 Å². The normalized spacial score (nSPS) is 17.9. The van der Waals surface area contributed by atoms with E-state index < -0.39 is 0 Å². The fraction of sp³-hybridized carbons (Fsp3) is 0.909. The first kappa shape index (κ1) is 12.5. The van der Waals surface area contributed by atoms with Crippen LogP contribution in [-0.4, -0.2) is 50.8 Å². The molecule has 0 spiro atoms. The maximum absolute atomic E-state index is 11.2. The van der Waals surface area contributed by atoms with Crippen LogP contribution in [0.25, 0.3) is 0 Å². The highest BCUT2D eigenvalue weighted by Crippen LogP contribution is 2.28. The molecule has 0 radical (unpaired) electrons. The second-order valence-corrected chi connectivity index (χ2v) is 4.20. The highest BCUT2D eigenvalue weighted by atomic mass is 16.5. The molecule has 1 unspecified atom stereocenters. The smallest absolute Gasteiger partial charge is 0.322 e. The van der Waals surface area contributed by atoms with Crippen LogP contribution in [0.15, 0.2) is 0 Å². The summed E-state index contributed by atoms with van der Waals surface area (Å²) in [7, 11) is 3.32. The Kier molecular flexibility index (Phi) is 5.05. The number of methoxy groups -OCH3 is 1. The zero-order chi connectivity index (χ0) is 11.3. The van der Waals surface area contributed by atoms with E-state index in [1.165, 1.54) is 20.0 Å². The molecule has 0 heterocycles. The number of nitrogens with zero attached hydrogens (tertiary/aromatic N) is 1. The Morgan fingerprint density at radius 3 is 2.73 bits per heavy atom. The Morgan fingerprint density at radius 1 is 1.53 bits per heavy atom. The lowest BCUT2D eigenvalue weighted by Gasteiger charge is -2.22. The van der Waals surface area contributed by atoms with Gasteiger partial charge in [-0.1, -0.05) is 0 Å². The topological polar surface area (TPSA) is 38.8 Å². The Bertz CT molecular complexity index is 204. The van der Waals surface area contributed by atoms with Crippen LogP contribution in [0, 0.1) is 5.92 Å². The molecule has 1 atom stereocenters. The first-order chi connectivity index (χ1) is 7.15. The number of rotatable bonds is 7. The molecule has 1 aliphatic carbocycles. The van der Waals surface area contributed by atoms with Gasteiger partial charge >= 0.3 is 5.97 Å². The second kappa shape index (κ2) is 6.08. The maximum Gasteiger partial charge on any atom is 0.322 e. The van der Waals surface area contributed by atoms with Gasteiger partial charge in [-0.05, 0) is 32.7 Å². The van der Waals surface area contributed by atoms with Crippen LogP contribution in [0.3, 0.4) is 0 Å². The van der Waals surface area contributed by atoms with Crippen LogP contribution in [0.5, 0.6) is 0 Å². The number of hydrogen-bond donors (Lipinski definition) is 0. The van der Waals surface area contributed by atoms with Crippen molar-refractivity contribution in [2.45, 2.75) is 25.8 Å². The molecule has 0 amide bonds. The molecule has 15 heavy (non-hydrogen) atoms. The zero-order valence-electron chi connectivity index (χ0n) is 9.86. The Balaban J connectivity index is 2.05. The quantitative estimate of drug-likeness (QED) is 0.467. The fourth-order valence-electron chi connectivity index (χ4n) is 1.29. The summed E-state index contributed by atoms with van der Waals surface area (Å²) < 4.78 is 10.2. The monoisotopic (exact) mass is 215 g/mol. The van der Waals surface area contributed by atoms with Crippen LogP contribution >= 0.6 is 0 Å². The molecule has 0 saturated heterocycles. The standard InChI is InChI=1S/C11H21NO3/c1-9(11(13)14-3)12(2)6-7-15-8-10-4-5-10/h9-10H,4-8H2,1-3H3. The predicted octanol–water partition coefficient (Wildman–Crippen LogP) is 0.906. The third-order valence-corrected chi connectivity index (χ3v) is 2.84. The third-order valence-electron chi connectivity index (χ3n) is 2.84. The molecule has 1 rings (SSSR count). The van der Waals surface area contributed by atoms with Gasteiger partial charge in [-0.3, -0.25) is 9.69 Å². The van der Waals surface area contributed by atoms with Crippen molar-refractivity contribution in [3.05, 3.63) is 0 Å². The summed E-state index contributed by atoms with van der Waals surface area (Å²) >= 11 is 0. The molecule has 1 aliphatic rings. The molecule has 88 valence electrons. The van der Waals surface area contributed by atoms with Crippen molar-refractivity contribution >= 4 is 5.97 Å². The highest BCUT2D eigenvalue weighted by molar-refractivity contribution is 5.75. The summed E-state index contributed by atoms with van der Waals surface area (Å²) in [6.45, 7) is 4.17. The van der Waals surface area contributed by atoms with E-state index in [9.17, 15) is 4.79 Å². The van der Waals surface area contributed by atoms with Crippen molar-refractivity contribution in [3.8, 4) is 0 Å². The van der Waals surface area contributed by atoms with Gasteiger partial charge in [0.05, 0.1) is 13.7 Å². The van der Waals surface area contributed by atoms with E-state index in [-0.39, 0.29) is 12.0 Å². The number of ether oxygens (including phenoxy) is 2. The Labute approximate surface area is 91.5 Å². The van der Waals surface area contributed by atoms with Crippen LogP contribution < -0.4 is 0 Å². The molecular weight excluding hydrogens is 194 g/mol. The lowest BCUT2D eigenvalue weighted by molar-refractivity contribution is -0.146. The predicted molar refractivity (Wildman–Crippen MR) is 57.7 cm³/mol. The van der Waals surface area contributed by atoms with Gasteiger partial charge in [-0.2, -0.15) is 0 Å². The van der Waals surface area contributed by atoms with E-state index in [4.69, 9.17) is 4.74 Å². The van der Waals surface area contributed by atoms with E-state index in [0.29, 0.717) is 6.61 Å². The lowest BCUT2D eigenvalue weighted by Crippen LogP contribution is -2.38. The molecule has 1 saturated carbocycles. The Morgan fingerprint density at radius 2 is 2.20 bits per heavy atom. The summed E-state index contributed by atoms with van der Waals surface area (Å²) in [5.74, 6) is 0.605. The average Bonchev–Trinajstić information content (AvgIpc) is 3.05. The number of hydrogen-bond acceptors (Lipinski definition) is 4. The minimum absolute atomic E-state index is 0.195. The summed E-state index contributed by atoms with van der Waals surface area (Å²) in [6.07, 6.45) is 2.63. The van der Waals surface area contributed by atoms with E-state index >= 15 is 0 Å². The van der Waals surface area contributed by atoms with Crippen molar-refractivity contribution in [2.75, 3.05) is 33.9 Å². The van der Waals surface area contributed by atoms with E-state index in [1.807, 2.05) is 18.9 Å². The van der Waals surface area contributed by atoms with Gasteiger partial charge in [-0.15, -0.1) is 0 Å². The van der Waals surface area contributed by atoms with Crippen LogP contribution in [0.4, 0.5) is 0 Å². The highest BCUT2D eigenvalue weighted by Gasteiger charge is 2.21. The van der Waals surface area contributed by atoms with Crippen molar-refractivity contribution in [3.63, 3.8) is 0 Å². The average molecular weight is 215 g/mol. The number of carbonyl (C=O) groups is 1. The number of likely N-dealkylation sites (N-methyl/N-ethyl adjacent to an activating group) is 1. The molecule has 0 bridgehead atoms.